The third-order valence-electron chi connectivity index (χ3n) is 3.12. The molecule has 132 valence electrons. The predicted octanol–water partition coefficient (Wildman–Crippen LogP) is 4.42. The van der Waals surface area contributed by atoms with E-state index in [0.717, 1.165) is 20.2 Å². The van der Waals surface area contributed by atoms with Crippen molar-refractivity contribution in [1.82, 2.24) is 5.32 Å². The van der Waals surface area contributed by atoms with E-state index in [9.17, 15) is 4.79 Å². The maximum atomic E-state index is 12.0. The molecule has 0 bridgehead atoms. The fourth-order valence-corrected chi connectivity index (χ4v) is 3.82. The second kappa shape index (κ2) is 9.17. The Morgan fingerprint density at radius 2 is 2.00 bits per heavy atom. The minimum Gasteiger partial charge on any atom is -0.497 e. The van der Waals surface area contributed by atoms with Crippen molar-refractivity contribution in [3.63, 3.8) is 0 Å². The van der Waals surface area contributed by atoms with Crippen LogP contribution in [0.5, 0.6) is 11.5 Å². The summed E-state index contributed by atoms with van der Waals surface area (Å²) in [7, 11) is 1.58. The monoisotopic (exact) mass is 486 g/mol. The molecule has 0 aliphatic heterocycles. The van der Waals surface area contributed by atoms with Gasteiger partial charge in [0.1, 0.15) is 11.5 Å². The highest BCUT2D eigenvalue weighted by molar-refractivity contribution is 9.11. The second-order valence-electron chi connectivity index (χ2n) is 5.06. The number of ether oxygens (including phenoxy) is 2. The molecule has 5 nitrogen and oxygen atoms in total. The Hall–Kier alpha value is -1.64. The third-order valence-corrected chi connectivity index (χ3v) is 4.37. The van der Waals surface area contributed by atoms with Crippen molar-refractivity contribution in [2.45, 2.75) is 6.92 Å². The van der Waals surface area contributed by atoms with E-state index < -0.39 is 0 Å². The van der Waals surface area contributed by atoms with Crippen LogP contribution in [-0.2, 0) is 4.79 Å². The molecule has 25 heavy (non-hydrogen) atoms. The van der Waals surface area contributed by atoms with E-state index in [1.807, 2.05) is 37.3 Å². The number of thiocarbonyl (C=S) groups is 1. The number of hydrogen-bond acceptors (Lipinski definition) is 4. The highest BCUT2D eigenvalue weighted by Gasteiger charge is 2.11. The molecule has 2 rings (SSSR count). The minimum atomic E-state index is -0.352. The Morgan fingerprint density at radius 1 is 1.24 bits per heavy atom. The van der Waals surface area contributed by atoms with Crippen LogP contribution in [-0.4, -0.2) is 24.7 Å². The molecule has 0 heterocycles. The molecule has 0 saturated carbocycles. The molecule has 0 aliphatic rings. The summed E-state index contributed by atoms with van der Waals surface area (Å²) in [5.41, 5.74) is 1.63. The fraction of sp³-hybridized carbons (Fsp3) is 0.176. The van der Waals surface area contributed by atoms with Gasteiger partial charge in [0.05, 0.1) is 11.6 Å². The second-order valence-corrected chi connectivity index (χ2v) is 7.23. The van der Waals surface area contributed by atoms with Crippen LogP contribution in [0.1, 0.15) is 5.56 Å². The number of halogens is 2. The largest absolute Gasteiger partial charge is 0.497 e. The van der Waals surface area contributed by atoms with Gasteiger partial charge in [-0.15, -0.1) is 0 Å². The van der Waals surface area contributed by atoms with Crippen molar-refractivity contribution in [3.05, 3.63) is 50.9 Å². The Balaban J connectivity index is 1.88. The van der Waals surface area contributed by atoms with E-state index in [1.165, 1.54) is 0 Å². The lowest BCUT2D eigenvalue weighted by molar-refractivity contribution is -0.121. The van der Waals surface area contributed by atoms with Gasteiger partial charge in [-0.3, -0.25) is 10.1 Å². The van der Waals surface area contributed by atoms with Crippen LogP contribution in [0.4, 0.5) is 5.69 Å². The van der Waals surface area contributed by atoms with Gasteiger partial charge >= 0.3 is 0 Å². The Morgan fingerprint density at radius 3 is 2.68 bits per heavy atom. The standard InChI is InChI=1S/C17H16Br2N2O3S/c1-10-6-11(18)7-14(19)16(10)24-9-15(22)21-17(25)20-12-4-3-5-13(8-12)23-2/h3-8H,9H2,1-2H3,(H2,20,21,22,25). The number of methoxy groups -OCH3 is 1. The fourth-order valence-electron chi connectivity index (χ4n) is 2.04. The van der Waals surface area contributed by atoms with Gasteiger partial charge in [-0.2, -0.15) is 0 Å². The van der Waals surface area contributed by atoms with Crippen LogP contribution >= 0.6 is 44.1 Å². The number of hydrogen-bond donors (Lipinski definition) is 2. The molecule has 0 unspecified atom stereocenters. The van der Waals surface area contributed by atoms with Crippen LogP contribution in [0.3, 0.4) is 0 Å². The first-order chi connectivity index (χ1) is 11.9. The number of amides is 1. The van der Waals surface area contributed by atoms with Crippen LogP contribution in [0.25, 0.3) is 0 Å². The van der Waals surface area contributed by atoms with Gasteiger partial charge < -0.3 is 14.8 Å². The van der Waals surface area contributed by atoms with Gasteiger partial charge in [0.25, 0.3) is 5.91 Å². The topological polar surface area (TPSA) is 59.6 Å². The molecular formula is C17H16Br2N2O3S. The Kier molecular flexibility index (Phi) is 7.22. The molecular weight excluding hydrogens is 472 g/mol. The molecule has 2 aromatic rings. The van der Waals surface area contributed by atoms with E-state index in [1.54, 1.807) is 13.2 Å². The number of carbonyl (C=O) groups is 1. The molecule has 0 radical (unpaired) electrons. The van der Waals surface area contributed by atoms with E-state index in [0.29, 0.717) is 11.5 Å². The number of aryl methyl sites for hydroxylation is 1. The molecule has 0 aromatic heterocycles. The van der Waals surface area contributed by atoms with Gasteiger partial charge in [0.15, 0.2) is 11.7 Å². The summed E-state index contributed by atoms with van der Waals surface area (Å²) in [6.07, 6.45) is 0. The number of carbonyl (C=O) groups excluding carboxylic acids is 1. The van der Waals surface area contributed by atoms with Crippen LogP contribution in [0.15, 0.2) is 45.3 Å². The van der Waals surface area contributed by atoms with E-state index >= 15 is 0 Å². The number of rotatable bonds is 5. The minimum absolute atomic E-state index is 0.152. The van der Waals surface area contributed by atoms with E-state index in [2.05, 4.69) is 42.5 Å². The zero-order valence-electron chi connectivity index (χ0n) is 13.6. The molecule has 0 atom stereocenters. The maximum Gasteiger partial charge on any atom is 0.264 e. The smallest absolute Gasteiger partial charge is 0.264 e. The van der Waals surface area contributed by atoms with Crippen molar-refractivity contribution in [2.75, 3.05) is 19.0 Å². The van der Waals surface area contributed by atoms with Gasteiger partial charge in [-0.05, 0) is 64.9 Å². The number of anilines is 1. The first-order valence-corrected chi connectivity index (χ1v) is 9.22. The normalized spacial score (nSPS) is 10.1. The lowest BCUT2D eigenvalue weighted by Crippen LogP contribution is -2.37. The summed E-state index contributed by atoms with van der Waals surface area (Å²) in [4.78, 5) is 12.0. The molecule has 8 heteroatoms. The van der Waals surface area contributed by atoms with Crippen LogP contribution in [0.2, 0.25) is 0 Å². The molecule has 2 N–H and O–H groups in total. The SMILES string of the molecule is COc1cccc(NC(=S)NC(=O)COc2c(C)cc(Br)cc2Br)c1. The predicted molar refractivity (Wildman–Crippen MR) is 109 cm³/mol. The summed E-state index contributed by atoms with van der Waals surface area (Å²) < 4.78 is 12.4. The number of nitrogens with one attached hydrogen (secondary N) is 2. The third kappa shape index (κ3) is 5.98. The van der Waals surface area contributed by atoms with Crippen molar-refractivity contribution in [2.24, 2.45) is 0 Å². The van der Waals surface area contributed by atoms with Crippen molar-refractivity contribution < 1.29 is 14.3 Å². The summed E-state index contributed by atoms with van der Waals surface area (Å²) in [6.45, 7) is 1.75. The lowest BCUT2D eigenvalue weighted by Gasteiger charge is -2.13. The first-order valence-electron chi connectivity index (χ1n) is 7.22. The van der Waals surface area contributed by atoms with E-state index in [-0.39, 0.29) is 17.6 Å². The molecule has 2 aromatic carbocycles. The zero-order valence-corrected chi connectivity index (χ0v) is 17.5. The summed E-state index contributed by atoms with van der Waals surface area (Å²) in [5.74, 6) is 0.956. The van der Waals surface area contributed by atoms with Crippen molar-refractivity contribution in [1.29, 1.82) is 0 Å². The van der Waals surface area contributed by atoms with Gasteiger partial charge in [-0.1, -0.05) is 22.0 Å². The van der Waals surface area contributed by atoms with Crippen molar-refractivity contribution in [3.8, 4) is 11.5 Å². The Bertz CT molecular complexity index is 776. The summed E-state index contributed by atoms with van der Waals surface area (Å²) in [5, 5.41) is 5.69. The molecule has 1 amide bonds. The van der Waals surface area contributed by atoms with Crippen LogP contribution < -0.4 is 20.1 Å². The van der Waals surface area contributed by atoms with Gasteiger partial charge in [-0.25, -0.2) is 0 Å². The molecule has 0 fully saturated rings. The van der Waals surface area contributed by atoms with Crippen LogP contribution in [0, 0.1) is 6.92 Å². The first kappa shape index (κ1) is 19.7. The maximum absolute atomic E-state index is 12.0. The molecule has 0 aliphatic carbocycles. The zero-order chi connectivity index (χ0) is 18.4. The van der Waals surface area contributed by atoms with Gasteiger partial charge in [0, 0.05) is 16.2 Å². The lowest BCUT2D eigenvalue weighted by atomic mass is 10.2. The summed E-state index contributed by atoms with van der Waals surface area (Å²) >= 11 is 12.0. The molecule has 0 spiro atoms. The quantitative estimate of drug-likeness (QED) is 0.611. The highest BCUT2D eigenvalue weighted by Crippen LogP contribution is 2.32. The number of benzene rings is 2. The summed E-state index contributed by atoms with van der Waals surface area (Å²) in [6, 6.07) is 11.0. The highest BCUT2D eigenvalue weighted by atomic mass is 79.9. The van der Waals surface area contributed by atoms with Crippen molar-refractivity contribution >= 4 is 60.8 Å². The Labute approximate surface area is 168 Å². The van der Waals surface area contributed by atoms with Gasteiger partial charge in [0.2, 0.25) is 0 Å². The average molecular weight is 488 g/mol. The van der Waals surface area contributed by atoms with E-state index in [4.69, 9.17) is 21.7 Å². The molecule has 0 saturated heterocycles. The average Bonchev–Trinajstić information content (AvgIpc) is 2.53.